The molecule has 0 bridgehead atoms. The van der Waals surface area contributed by atoms with Gasteiger partial charge in [0, 0.05) is 7.11 Å². The molecule has 0 saturated heterocycles. The van der Waals surface area contributed by atoms with E-state index in [1.54, 1.807) is 12.1 Å². The van der Waals surface area contributed by atoms with Gasteiger partial charge in [0.05, 0.1) is 5.30 Å². The second-order valence-corrected chi connectivity index (χ2v) is 5.09. The normalized spacial score (nSPS) is 15.1. The predicted molar refractivity (Wildman–Crippen MR) is 60.4 cm³/mol. The summed E-state index contributed by atoms with van der Waals surface area (Å²) in [5.74, 6) is 0. The van der Waals surface area contributed by atoms with Crippen molar-refractivity contribution in [2.24, 2.45) is 0 Å². The Morgan fingerprint density at radius 1 is 1.13 bits per heavy atom. The van der Waals surface area contributed by atoms with Gasteiger partial charge in [-0.25, -0.2) is 0 Å². The molecule has 1 atom stereocenters. The van der Waals surface area contributed by atoms with Crippen molar-refractivity contribution < 1.29 is 14.0 Å². The van der Waals surface area contributed by atoms with E-state index in [1.807, 2.05) is 30.3 Å². The molecule has 15 heavy (non-hydrogen) atoms. The number of benzene rings is 2. The van der Waals surface area contributed by atoms with Crippen LogP contribution in [0.3, 0.4) is 0 Å². The standard InChI is InChI=1S/C11H11O3P/c1-14-15(12,13)11-8-4-6-9-5-2-3-7-10(9)11/h2-8H,1H3,(H,12,13). The fourth-order valence-electron chi connectivity index (χ4n) is 1.55. The fraction of sp³-hybridized carbons (Fsp3) is 0.0909. The lowest BCUT2D eigenvalue weighted by Crippen LogP contribution is -2.06. The van der Waals surface area contributed by atoms with E-state index >= 15 is 0 Å². The molecule has 1 N–H and O–H groups in total. The van der Waals surface area contributed by atoms with E-state index in [1.165, 1.54) is 7.11 Å². The van der Waals surface area contributed by atoms with Crippen molar-refractivity contribution in [3.8, 4) is 0 Å². The first-order chi connectivity index (χ1) is 7.15. The number of hydrogen-bond donors (Lipinski definition) is 1. The van der Waals surface area contributed by atoms with Gasteiger partial charge in [0.2, 0.25) is 0 Å². The van der Waals surface area contributed by atoms with Crippen molar-refractivity contribution in [1.82, 2.24) is 0 Å². The van der Waals surface area contributed by atoms with Gasteiger partial charge in [-0.2, -0.15) is 0 Å². The molecule has 0 aliphatic rings. The lowest BCUT2D eigenvalue weighted by molar-refractivity contribution is 0.328. The molecule has 0 saturated carbocycles. The molecular weight excluding hydrogens is 211 g/mol. The van der Waals surface area contributed by atoms with Crippen molar-refractivity contribution >= 4 is 23.7 Å². The van der Waals surface area contributed by atoms with Crippen LogP contribution < -0.4 is 5.30 Å². The zero-order valence-corrected chi connectivity index (χ0v) is 9.15. The topological polar surface area (TPSA) is 46.5 Å². The Morgan fingerprint density at radius 3 is 2.53 bits per heavy atom. The van der Waals surface area contributed by atoms with Crippen molar-refractivity contribution in [3.05, 3.63) is 42.5 Å². The lowest BCUT2D eigenvalue weighted by atomic mass is 10.1. The smallest absolute Gasteiger partial charge is 0.321 e. The Kier molecular flexibility index (Phi) is 2.61. The largest absolute Gasteiger partial charge is 0.359 e. The SMILES string of the molecule is COP(=O)(O)c1cccc2ccccc12. The number of fused-ring (bicyclic) bond motifs is 1. The van der Waals surface area contributed by atoms with Gasteiger partial charge in [0.25, 0.3) is 0 Å². The van der Waals surface area contributed by atoms with Crippen LogP contribution in [-0.2, 0) is 9.09 Å². The van der Waals surface area contributed by atoms with E-state index in [4.69, 9.17) is 0 Å². The third kappa shape index (κ3) is 1.82. The van der Waals surface area contributed by atoms with E-state index in [-0.39, 0.29) is 0 Å². The van der Waals surface area contributed by atoms with E-state index in [0.717, 1.165) is 10.8 Å². The average Bonchev–Trinajstić information content (AvgIpc) is 2.28. The van der Waals surface area contributed by atoms with Crippen LogP contribution in [0.15, 0.2) is 42.5 Å². The Balaban J connectivity index is 2.77. The van der Waals surface area contributed by atoms with Crippen LogP contribution in [0.1, 0.15) is 0 Å². The minimum atomic E-state index is -3.67. The minimum absolute atomic E-state index is 0.350. The highest BCUT2D eigenvalue weighted by Crippen LogP contribution is 2.41. The van der Waals surface area contributed by atoms with E-state index < -0.39 is 7.60 Å². The van der Waals surface area contributed by atoms with E-state index in [9.17, 15) is 9.46 Å². The van der Waals surface area contributed by atoms with Crippen LogP contribution in [0, 0.1) is 0 Å². The maximum Gasteiger partial charge on any atom is 0.359 e. The molecule has 0 fully saturated rings. The van der Waals surface area contributed by atoms with E-state index in [0.29, 0.717) is 5.30 Å². The Hall–Kier alpha value is -1.15. The molecule has 1 unspecified atom stereocenters. The highest BCUT2D eigenvalue weighted by atomic mass is 31.2. The van der Waals surface area contributed by atoms with Crippen LogP contribution in [0.5, 0.6) is 0 Å². The molecule has 0 amide bonds. The quantitative estimate of drug-likeness (QED) is 0.793. The molecule has 0 aliphatic carbocycles. The van der Waals surface area contributed by atoms with Gasteiger partial charge < -0.3 is 9.42 Å². The summed E-state index contributed by atoms with van der Waals surface area (Å²) in [4.78, 5) is 9.63. The molecule has 0 aliphatic heterocycles. The zero-order valence-electron chi connectivity index (χ0n) is 8.25. The van der Waals surface area contributed by atoms with Crippen LogP contribution in [0.4, 0.5) is 0 Å². The Bertz CT molecular complexity index is 531. The first kappa shape index (κ1) is 10.4. The van der Waals surface area contributed by atoms with Crippen LogP contribution in [-0.4, -0.2) is 12.0 Å². The summed E-state index contributed by atoms with van der Waals surface area (Å²) in [5.41, 5.74) is 0. The van der Waals surface area contributed by atoms with Crippen molar-refractivity contribution in [2.75, 3.05) is 7.11 Å². The monoisotopic (exact) mass is 222 g/mol. The van der Waals surface area contributed by atoms with Crippen molar-refractivity contribution in [2.45, 2.75) is 0 Å². The molecule has 2 aromatic carbocycles. The maximum absolute atomic E-state index is 11.7. The number of rotatable bonds is 2. The predicted octanol–water partition coefficient (Wildman–Crippen LogP) is 2.30. The Labute approximate surface area is 87.8 Å². The van der Waals surface area contributed by atoms with Gasteiger partial charge in [0.1, 0.15) is 0 Å². The molecular formula is C11H11O3P. The summed E-state index contributed by atoms with van der Waals surface area (Å²) in [5, 5.41) is 2.04. The van der Waals surface area contributed by atoms with Crippen molar-refractivity contribution in [3.63, 3.8) is 0 Å². The highest BCUT2D eigenvalue weighted by molar-refractivity contribution is 7.61. The van der Waals surface area contributed by atoms with Gasteiger partial charge in [-0.05, 0) is 16.8 Å². The molecule has 0 spiro atoms. The van der Waals surface area contributed by atoms with Crippen LogP contribution >= 0.6 is 7.60 Å². The zero-order chi connectivity index (χ0) is 10.9. The third-order valence-corrected chi connectivity index (χ3v) is 3.81. The first-order valence-electron chi connectivity index (χ1n) is 4.52. The van der Waals surface area contributed by atoms with E-state index in [2.05, 4.69) is 4.52 Å². The summed E-state index contributed by atoms with van der Waals surface area (Å²) in [7, 11) is -2.43. The fourth-order valence-corrected chi connectivity index (χ4v) is 2.53. The lowest BCUT2D eigenvalue weighted by Gasteiger charge is -2.11. The maximum atomic E-state index is 11.7. The molecule has 0 radical (unpaired) electrons. The summed E-state index contributed by atoms with van der Waals surface area (Å²) >= 11 is 0. The second kappa shape index (κ2) is 3.78. The molecule has 78 valence electrons. The second-order valence-electron chi connectivity index (χ2n) is 3.20. The molecule has 4 heteroatoms. The molecule has 3 nitrogen and oxygen atoms in total. The number of hydrogen-bond acceptors (Lipinski definition) is 2. The van der Waals surface area contributed by atoms with Gasteiger partial charge in [-0.15, -0.1) is 0 Å². The highest BCUT2D eigenvalue weighted by Gasteiger charge is 2.22. The van der Waals surface area contributed by atoms with Crippen molar-refractivity contribution in [1.29, 1.82) is 0 Å². The molecule has 0 heterocycles. The van der Waals surface area contributed by atoms with Gasteiger partial charge in [0.15, 0.2) is 0 Å². The van der Waals surface area contributed by atoms with Gasteiger partial charge >= 0.3 is 7.60 Å². The average molecular weight is 222 g/mol. The summed E-state index contributed by atoms with van der Waals surface area (Å²) in [6.45, 7) is 0. The molecule has 2 aromatic rings. The van der Waals surface area contributed by atoms with Crippen LogP contribution in [0.25, 0.3) is 10.8 Å². The van der Waals surface area contributed by atoms with Gasteiger partial charge in [-0.3, -0.25) is 4.57 Å². The Morgan fingerprint density at radius 2 is 1.80 bits per heavy atom. The third-order valence-electron chi connectivity index (χ3n) is 2.32. The summed E-state index contributed by atoms with van der Waals surface area (Å²) in [6.07, 6.45) is 0. The first-order valence-corrected chi connectivity index (χ1v) is 6.10. The molecule has 2 rings (SSSR count). The minimum Gasteiger partial charge on any atom is -0.321 e. The summed E-state index contributed by atoms with van der Waals surface area (Å²) < 4.78 is 16.4. The van der Waals surface area contributed by atoms with Crippen LogP contribution in [0.2, 0.25) is 0 Å². The molecule has 0 aromatic heterocycles. The summed E-state index contributed by atoms with van der Waals surface area (Å²) in [6, 6.07) is 12.7. The van der Waals surface area contributed by atoms with Gasteiger partial charge in [-0.1, -0.05) is 36.4 Å².